The minimum atomic E-state index is -1.01. The molecule has 1 aliphatic carbocycles. The summed E-state index contributed by atoms with van der Waals surface area (Å²) in [6, 6.07) is 13.5. The van der Waals surface area contributed by atoms with Crippen molar-refractivity contribution in [2.45, 2.75) is 88.2 Å². The van der Waals surface area contributed by atoms with Crippen LogP contribution >= 0.6 is 27.5 Å². The van der Waals surface area contributed by atoms with Crippen LogP contribution in [0.2, 0.25) is 5.02 Å². The normalized spacial score (nSPS) is 25.3. The number of nitrogens with one attached hydrogen (secondary N) is 2. The fraction of sp³-hybridized carbons (Fsp3) is 0.421. The Hall–Kier alpha value is -4.91. The molecular formula is C38H36BrClN8O6. The number of halogens is 2. The number of piperazine rings is 1. The zero-order valence-corrected chi connectivity index (χ0v) is 31.4. The van der Waals surface area contributed by atoms with Gasteiger partial charge in [-0.3, -0.25) is 39.1 Å². The molecule has 14 nitrogen and oxygen atoms in total. The highest BCUT2D eigenvalue weighted by molar-refractivity contribution is 9.10. The van der Waals surface area contributed by atoms with E-state index in [4.69, 9.17) is 21.6 Å². The second-order valence-corrected chi connectivity index (χ2v) is 15.8. The predicted octanol–water partition coefficient (Wildman–Crippen LogP) is 4.14. The van der Waals surface area contributed by atoms with E-state index in [1.165, 1.54) is 0 Å². The van der Waals surface area contributed by atoms with Gasteiger partial charge in [0.25, 0.3) is 17.7 Å². The molecule has 0 spiro atoms. The molecule has 3 unspecified atom stereocenters. The molecule has 54 heavy (non-hydrogen) atoms. The zero-order valence-electron chi connectivity index (χ0n) is 29.1. The van der Waals surface area contributed by atoms with E-state index in [9.17, 15) is 24.0 Å². The van der Waals surface area contributed by atoms with E-state index in [2.05, 4.69) is 46.6 Å². The molecule has 5 amide bonds. The van der Waals surface area contributed by atoms with Crippen LogP contribution in [-0.2, 0) is 16.1 Å². The van der Waals surface area contributed by atoms with Gasteiger partial charge in [-0.25, -0.2) is 0 Å². The van der Waals surface area contributed by atoms with E-state index in [0.29, 0.717) is 33.2 Å². The quantitative estimate of drug-likeness (QED) is 0.313. The molecule has 1 saturated carbocycles. The molecule has 2 bridgehead atoms. The summed E-state index contributed by atoms with van der Waals surface area (Å²) < 4.78 is 6.79. The number of fused-ring (bicyclic) bond motifs is 3. The van der Waals surface area contributed by atoms with Crippen molar-refractivity contribution in [2.75, 3.05) is 18.0 Å². The Bertz CT molecular complexity index is 2090. The summed E-state index contributed by atoms with van der Waals surface area (Å²) in [4.78, 5) is 69.5. The van der Waals surface area contributed by atoms with Crippen molar-refractivity contribution in [3.8, 4) is 11.8 Å². The maximum absolute atomic E-state index is 13.4. The van der Waals surface area contributed by atoms with Crippen LogP contribution in [0.3, 0.4) is 0 Å². The van der Waals surface area contributed by atoms with Crippen LogP contribution in [0.25, 0.3) is 0 Å². The Morgan fingerprint density at radius 3 is 2.31 bits per heavy atom. The standard InChI is InChI=1S/C38H36BrClN8O6/c39-29-15-28-27(37(52)48(38(28)53)32-10-12-34(49)43-36(32)51)13-21(29)17-47-23-4-5-24(47)19-46(18-23)33-11-9-31(44-45-33)35(50)42-22-2-7-25(8-3-22)54-26-6-1-20(16-41)30(40)14-26/h1,6,9,11,13-15,22-25,32H,2-5,7-8,10,12,17-19H2,(H,42,50)(H,43,49,51). The average Bonchev–Trinajstić information content (AvgIpc) is 3.52. The number of imide groups is 2. The zero-order chi connectivity index (χ0) is 37.7. The number of nitrogens with zero attached hydrogens (tertiary/aromatic N) is 6. The first-order valence-electron chi connectivity index (χ1n) is 18.1. The highest BCUT2D eigenvalue weighted by Crippen LogP contribution is 2.37. The third-order valence-electron chi connectivity index (χ3n) is 11.2. The van der Waals surface area contributed by atoms with Crippen molar-refractivity contribution in [2.24, 2.45) is 0 Å². The molecule has 5 heterocycles. The monoisotopic (exact) mass is 814 g/mol. The van der Waals surface area contributed by atoms with Crippen LogP contribution < -0.4 is 20.3 Å². The third kappa shape index (κ3) is 6.94. The van der Waals surface area contributed by atoms with Crippen LogP contribution in [-0.4, -0.2) is 92.9 Å². The van der Waals surface area contributed by atoms with Gasteiger partial charge in [-0.15, -0.1) is 10.2 Å². The van der Waals surface area contributed by atoms with Gasteiger partial charge in [-0.05, 0) is 86.9 Å². The summed E-state index contributed by atoms with van der Waals surface area (Å²) in [7, 11) is 0. The van der Waals surface area contributed by atoms with E-state index in [1.54, 1.807) is 36.4 Å². The molecule has 2 aromatic carbocycles. The number of hydrogen-bond donors (Lipinski definition) is 2. The Morgan fingerprint density at radius 2 is 1.67 bits per heavy atom. The summed E-state index contributed by atoms with van der Waals surface area (Å²) in [5.41, 5.74) is 2.05. The van der Waals surface area contributed by atoms with Gasteiger partial charge in [0.15, 0.2) is 11.5 Å². The maximum Gasteiger partial charge on any atom is 0.272 e. The van der Waals surface area contributed by atoms with E-state index < -0.39 is 29.7 Å². The second-order valence-electron chi connectivity index (χ2n) is 14.5. The van der Waals surface area contributed by atoms with Crippen molar-refractivity contribution in [1.29, 1.82) is 5.26 Å². The third-order valence-corrected chi connectivity index (χ3v) is 12.2. The first-order valence-corrected chi connectivity index (χ1v) is 19.3. The van der Waals surface area contributed by atoms with Crippen molar-refractivity contribution in [1.82, 2.24) is 30.6 Å². The number of amides is 5. The van der Waals surface area contributed by atoms with Gasteiger partial charge in [0.1, 0.15) is 17.9 Å². The molecule has 16 heteroatoms. The Morgan fingerprint density at radius 1 is 0.944 bits per heavy atom. The topological polar surface area (TPSA) is 178 Å². The van der Waals surface area contributed by atoms with Gasteiger partial charge in [0.2, 0.25) is 11.8 Å². The molecule has 4 fully saturated rings. The minimum absolute atomic E-state index is 0.000355. The number of aromatic nitrogens is 2. The lowest BCUT2D eigenvalue weighted by Crippen LogP contribution is -2.54. The first-order chi connectivity index (χ1) is 26.1. The Balaban J connectivity index is 0.849. The molecule has 3 saturated heterocycles. The van der Waals surface area contributed by atoms with Gasteiger partial charge in [0.05, 0.1) is 27.8 Å². The molecule has 4 aliphatic heterocycles. The lowest BCUT2D eigenvalue weighted by molar-refractivity contribution is -0.136. The molecule has 0 radical (unpaired) electrons. The molecule has 2 N–H and O–H groups in total. The number of nitriles is 1. The number of carbonyl (C=O) groups excluding carboxylic acids is 5. The molecule has 1 aromatic heterocycles. The highest BCUT2D eigenvalue weighted by Gasteiger charge is 2.46. The van der Waals surface area contributed by atoms with Gasteiger partial charge >= 0.3 is 0 Å². The van der Waals surface area contributed by atoms with E-state index in [0.717, 1.165) is 62.1 Å². The fourth-order valence-electron chi connectivity index (χ4n) is 8.34. The summed E-state index contributed by atoms with van der Waals surface area (Å²) in [6.45, 7) is 2.01. The summed E-state index contributed by atoms with van der Waals surface area (Å²) in [5.74, 6) is -1.03. The smallest absolute Gasteiger partial charge is 0.272 e. The Labute approximate surface area is 324 Å². The van der Waals surface area contributed by atoms with E-state index in [-0.39, 0.29) is 59.8 Å². The minimum Gasteiger partial charge on any atom is -0.490 e. The lowest BCUT2D eigenvalue weighted by atomic mass is 9.93. The predicted molar refractivity (Wildman–Crippen MR) is 198 cm³/mol. The number of carbonyl (C=O) groups is 5. The van der Waals surface area contributed by atoms with Crippen molar-refractivity contribution >= 4 is 62.9 Å². The number of piperidine rings is 1. The van der Waals surface area contributed by atoms with E-state index >= 15 is 0 Å². The fourth-order valence-corrected chi connectivity index (χ4v) is 9.02. The summed E-state index contributed by atoms with van der Waals surface area (Å²) in [5, 5.41) is 23.5. The highest BCUT2D eigenvalue weighted by atomic mass is 79.9. The van der Waals surface area contributed by atoms with Crippen LogP contribution in [0.5, 0.6) is 5.75 Å². The number of ether oxygens (including phenoxy) is 1. The Kier molecular flexibility index (Phi) is 9.84. The first kappa shape index (κ1) is 36.1. The number of rotatable bonds is 8. The van der Waals surface area contributed by atoms with Crippen LogP contribution in [0.1, 0.15) is 93.7 Å². The molecule has 8 rings (SSSR count). The average molecular weight is 816 g/mol. The van der Waals surface area contributed by atoms with Gasteiger partial charge < -0.3 is 15.0 Å². The number of anilines is 1. The molecule has 3 aromatic rings. The van der Waals surface area contributed by atoms with Crippen molar-refractivity contribution in [3.05, 3.63) is 79.9 Å². The van der Waals surface area contributed by atoms with Gasteiger partial charge in [0, 0.05) is 54.7 Å². The number of benzene rings is 2. The van der Waals surface area contributed by atoms with Gasteiger partial charge in [-0.1, -0.05) is 27.5 Å². The summed E-state index contributed by atoms with van der Waals surface area (Å²) >= 11 is 9.77. The van der Waals surface area contributed by atoms with Gasteiger partial charge in [-0.2, -0.15) is 5.26 Å². The van der Waals surface area contributed by atoms with E-state index in [1.807, 2.05) is 12.1 Å². The molecule has 5 aliphatic rings. The SMILES string of the molecule is N#Cc1ccc(OC2CCC(NC(=O)c3ccc(N4CC5CCC(C4)N5Cc4cc5c(cc4Br)C(=O)N(C4CCC(=O)NC4=O)C5=O)nn3)CC2)cc1Cl. The van der Waals surface area contributed by atoms with Crippen LogP contribution in [0, 0.1) is 11.3 Å². The van der Waals surface area contributed by atoms with Crippen molar-refractivity contribution in [3.63, 3.8) is 0 Å². The molecular weight excluding hydrogens is 780 g/mol. The van der Waals surface area contributed by atoms with Crippen LogP contribution in [0.15, 0.2) is 46.9 Å². The lowest BCUT2D eigenvalue weighted by Gasteiger charge is -2.41. The summed E-state index contributed by atoms with van der Waals surface area (Å²) in [6.07, 6.45) is 5.22. The molecule has 3 atom stereocenters. The van der Waals surface area contributed by atoms with Crippen molar-refractivity contribution < 1.29 is 28.7 Å². The maximum atomic E-state index is 13.4. The van der Waals surface area contributed by atoms with Crippen LogP contribution in [0.4, 0.5) is 5.82 Å². The number of hydrogen-bond acceptors (Lipinski definition) is 11. The molecule has 278 valence electrons. The second kappa shape index (κ2) is 14.7. The largest absolute Gasteiger partial charge is 0.490 e.